The first kappa shape index (κ1) is 17.9. The molecule has 1 atom stereocenters. The van der Waals surface area contributed by atoms with Crippen LogP contribution < -0.4 is 5.32 Å². The molecule has 1 fully saturated rings. The van der Waals surface area contributed by atoms with E-state index in [0.717, 1.165) is 29.2 Å². The Morgan fingerprint density at radius 3 is 2.21 bits per heavy atom. The number of hydrogen-bond acceptors (Lipinski definition) is 4. The van der Waals surface area contributed by atoms with Gasteiger partial charge in [-0.05, 0) is 17.7 Å². The number of aliphatic hydroxyl groups excluding tert-OH is 1. The van der Waals surface area contributed by atoms with E-state index in [9.17, 15) is 32.7 Å². The highest BCUT2D eigenvalue weighted by Gasteiger charge is 2.31. The maximum absolute atomic E-state index is 12.5. The number of nitrogens with one attached hydrogen (secondary N) is 1. The summed E-state index contributed by atoms with van der Waals surface area (Å²) >= 11 is 0. The number of carbonyl (C=O) groups excluding carboxylic acids is 3. The molecule has 0 spiro atoms. The van der Waals surface area contributed by atoms with Gasteiger partial charge in [-0.25, -0.2) is 0 Å². The van der Waals surface area contributed by atoms with Crippen molar-refractivity contribution in [3.05, 3.63) is 35.4 Å². The van der Waals surface area contributed by atoms with E-state index in [4.69, 9.17) is 0 Å². The molecule has 3 amide bonds. The Morgan fingerprint density at radius 1 is 1.17 bits per heavy atom. The maximum atomic E-state index is 12.5. The number of likely N-dealkylation sites (tertiary alicyclic amines) is 1. The summed E-state index contributed by atoms with van der Waals surface area (Å²) in [5.74, 6) is -1.50. The summed E-state index contributed by atoms with van der Waals surface area (Å²) in [6.07, 6.45) is -5.53. The van der Waals surface area contributed by atoms with Crippen LogP contribution in [0.2, 0.25) is 0 Å². The molecular weight excluding hydrogens is 329 g/mol. The van der Waals surface area contributed by atoms with E-state index in [2.05, 4.69) is 5.32 Å². The van der Waals surface area contributed by atoms with Gasteiger partial charge in [0.25, 0.3) is 0 Å². The lowest BCUT2D eigenvalue weighted by atomic mass is 10.1. The summed E-state index contributed by atoms with van der Waals surface area (Å²) in [5, 5.41) is 12.2. The summed E-state index contributed by atoms with van der Waals surface area (Å²) in [6, 6.07) is 3.91. The molecule has 0 aromatic heterocycles. The lowest BCUT2D eigenvalue weighted by Crippen LogP contribution is -2.41. The summed E-state index contributed by atoms with van der Waals surface area (Å²) in [6.45, 7) is -0.683. The molecule has 0 bridgehead atoms. The van der Waals surface area contributed by atoms with E-state index in [0.29, 0.717) is 0 Å². The molecule has 2 N–H and O–H groups in total. The van der Waals surface area contributed by atoms with Crippen molar-refractivity contribution in [2.45, 2.75) is 25.1 Å². The molecule has 2 rings (SSSR count). The van der Waals surface area contributed by atoms with Gasteiger partial charge in [0.1, 0.15) is 6.54 Å². The van der Waals surface area contributed by atoms with Crippen molar-refractivity contribution >= 4 is 17.7 Å². The SMILES string of the molecule is O=C(CN1C(=O)CCC1=O)NCC(O)c1ccc(C(F)(F)F)cc1. The zero-order valence-corrected chi connectivity index (χ0v) is 12.5. The van der Waals surface area contributed by atoms with E-state index in [1.807, 2.05) is 0 Å². The lowest BCUT2D eigenvalue weighted by molar-refractivity contribution is -0.142. The van der Waals surface area contributed by atoms with Gasteiger partial charge in [-0.3, -0.25) is 19.3 Å². The number of rotatable bonds is 5. The standard InChI is InChI=1S/C15H15F3N2O4/c16-15(17,18)10-3-1-9(2-4-10)11(21)7-19-12(22)8-20-13(23)5-6-14(20)24/h1-4,11,21H,5-8H2,(H,19,22). The van der Waals surface area contributed by atoms with Crippen LogP contribution in [0.5, 0.6) is 0 Å². The minimum Gasteiger partial charge on any atom is -0.387 e. The molecule has 6 nitrogen and oxygen atoms in total. The van der Waals surface area contributed by atoms with Crippen molar-refractivity contribution in [3.63, 3.8) is 0 Å². The third-order valence-corrected chi connectivity index (χ3v) is 3.57. The summed E-state index contributed by atoms with van der Waals surface area (Å²) < 4.78 is 37.4. The number of benzene rings is 1. The summed E-state index contributed by atoms with van der Waals surface area (Å²) in [5.41, 5.74) is -0.634. The Bertz CT molecular complexity index is 627. The predicted molar refractivity (Wildman–Crippen MR) is 75.4 cm³/mol. The number of alkyl halides is 3. The molecule has 0 radical (unpaired) electrons. The van der Waals surface area contributed by atoms with Crippen LogP contribution >= 0.6 is 0 Å². The third-order valence-electron chi connectivity index (χ3n) is 3.57. The van der Waals surface area contributed by atoms with Crippen molar-refractivity contribution in [2.75, 3.05) is 13.1 Å². The highest BCUT2D eigenvalue weighted by atomic mass is 19.4. The molecule has 1 heterocycles. The Kier molecular flexibility index (Phi) is 5.23. The van der Waals surface area contributed by atoms with Gasteiger partial charge >= 0.3 is 6.18 Å². The number of aliphatic hydroxyl groups is 1. The van der Waals surface area contributed by atoms with Gasteiger partial charge in [-0.1, -0.05) is 12.1 Å². The van der Waals surface area contributed by atoms with Crippen LogP contribution in [0.25, 0.3) is 0 Å². The van der Waals surface area contributed by atoms with Crippen molar-refractivity contribution < 1.29 is 32.7 Å². The molecule has 1 aromatic carbocycles. The number of carbonyl (C=O) groups is 3. The molecule has 1 aliphatic rings. The molecule has 24 heavy (non-hydrogen) atoms. The number of hydrogen-bond donors (Lipinski definition) is 2. The van der Waals surface area contributed by atoms with Crippen molar-refractivity contribution in [1.82, 2.24) is 10.2 Å². The normalized spacial score (nSPS) is 16.4. The summed E-state index contributed by atoms with van der Waals surface area (Å²) in [7, 11) is 0. The van der Waals surface area contributed by atoms with Gasteiger partial charge in [0.15, 0.2) is 0 Å². The highest BCUT2D eigenvalue weighted by molar-refractivity contribution is 6.04. The van der Waals surface area contributed by atoms with Crippen molar-refractivity contribution in [3.8, 4) is 0 Å². The molecule has 1 saturated heterocycles. The van der Waals surface area contributed by atoms with Gasteiger partial charge in [-0.15, -0.1) is 0 Å². The van der Waals surface area contributed by atoms with Gasteiger partial charge in [-0.2, -0.15) is 13.2 Å². The molecule has 9 heteroatoms. The minimum atomic E-state index is -4.47. The van der Waals surface area contributed by atoms with Crippen LogP contribution in [-0.4, -0.2) is 40.8 Å². The second-order valence-electron chi connectivity index (χ2n) is 5.31. The number of nitrogens with zero attached hydrogens (tertiary/aromatic N) is 1. The quantitative estimate of drug-likeness (QED) is 0.781. The molecule has 0 saturated carbocycles. The minimum absolute atomic E-state index is 0.0697. The third kappa shape index (κ3) is 4.31. The average molecular weight is 344 g/mol. The van der Waals surface area contributed by atoms with Gasteiger partial charge < -0.3 is 10.4 Å². The van der Waals surface area contributed by atoms with E-state index in [1.54, 1.807) is 0 Å². The number of halogens is 3. The molecule has 1 unspecified atom stereocenters. The number of amides is 3. The molecular formula is C15H15F3N2O4. The van der Waals surface area contributed by atoms with Gasteiger partial charge in [0.05, 0.1) is 11.7 Å². The fourth-order valence-corrected chi connectivity index (χ4v) is 2.22. The molecule has 1 aromatic rings. The van der Waals surface area contributed by atoms with Gasteiger partial charge in [0, 0.05) is 19.4 Å². The lowest BCUT2D eigenvalue weighted by Gasteiger charge is -2.16. The Balaban J connectivity index is 1.86. The van der Waals surface area contributed by atoms with Crippen LogP contribution in [0, 0.1) is 0 Å². The topological polar surface area (TPSA) is 86.7 Å². The van der Waals surface area contributed by atoms with Crippen LogP contribution in [0.4, 0.5) is 13.2 Å². The fraction of sp³-hybridized carbons (Fsp3) is 0.400. The van der Waals surface area contributed by atoms with E-state index < -0.39 is 42.1 Å². The highest BCUT2D eigenvalue weighted by Crippen LogP contribution is 2.29. The molecule has 130 valence electrons. The van der Waals surface area contributed by atoms with Crippen molar-refractivity contribution in [2.24, 2.45) is 0 Å². The van der Waals surface area contributed by atoms with E-state index in [1.165, 1.54) is 0 Å². The Hall–Kier alpha value is -2.42. The first-order valence-corrected chi connectivity index (χ1v) is 7.13. The second kappa shape index (κ2) is 7.00. The van der Waals surface area contributed by atoms with Crippen LogP contribution in [0.15, 0.2) is 24.3 Å². The first-order valence-electron chi connectivity index (χ1n) is 7.13. The Labute approximate surface area is 135 Å². The monoisotopic (exact) mass is 344 g/mol. The zero-order chi connectivity index (χ0) is 17.9. The largest absolute Gasteiger partial charge is 0.416 e. The van der Waals surface area contributed by atoms with Gasteiger partial charge in [0.2, 0.25) is 17.7 Å². The maximum Gasteiger partial charge on any atom is 0.416 e. The first-order chi connectivity index (χ1) is 11.2. The zero-order valence-electron chi connectivity index (χ0n) is 12.5. The van der Waals surface area contributed by atoms with Crippen LogP contribution in [-0.2, 0) is 20.6 Å². The second-order valence-corrected chi connectivity index (χ2v) is 5.31. The predicted octanol–water partition coefficient (Wildman–Crippen LogP) is 1.00. The molecule has 0 aliphatic carbocycles. The van der Waals surface area contributed by atoms with Crippen LogP contribution in [0.3, 0.4) is 0 Å². The van der Waals surface area contributed by atoms with E-state index >= 15 is 0 Å². The fourth-order valence-electron chi connectivity index (χ4n) is 2.22. The molecule has 1 aliphatic heterocycles. The van der Waals surface area contributed by atoms with E-state index in [-0.39, 0.29) is 24.9 Å². The van der Waals surface area contributed by atoms with Crippen molar-refractivity contribution in [1.29, 1.82) is 0 Å². The Morgan fingerprint density at radius 2 is 1.71 bits per heavy atom. The van der Waals surface area contributed by atoms with Crippen LogP contribution in [0.1, 0.15) is 30.1 Å². The smallest absolute Gasteiger partial charge is 0.387 e. The summed E-state index contributed by atoms with van der Waals surface area (Å²) in [4.78, 5) is 35.3. The number of imide groups is 1. The average Bonchev–Trinajstić information content (AvgIpc) is 2.84.